The van der Waals surface area contributed by atoms with E-state index in [9.17, 15) is 9.18 Å². The molecule has 1 atom stereocenters. The molecule has 0 unspecified atom stereocenters. The zero-order valence-corrected chi connectivity index (χ0v) is 14.8. The van der Waals surface area contributed by atoms with Crippen molar-refractivity contribution in [3.63, 3.8) is 0 Å². The summed E-state index contributed by atoms with van der Waals surface area (Å²) in [5.41, 5.74) is 0. The van der Waals surface area contributed by atoms with Crippen LogP contribution in [-0.2, 0) is 17.9 Å². The van der Waals surface area contributed by atoms with Crippen LogP contribution >= 0.6 is 0 Å². The van der Waals surface area contributed by atoms with Gasteiger partial charge in [-0.15, -0.1) is 10.2 Å². The number of hydrogen-bond donors (Lipinski definition) is 0. The van der Waals surface area contributed by atoms with Crippen molar-refractivity contribution in [2.45, 2.75) is 32.0 Å². The molecule has 0 spiro atoms. The SMILES string of the molecule is CN1CCC[C@@H]1c1nnc2n1CCN(C(=O)COc1ccc(F)cc1)C2. The molecule has 1 aromatic heterocycles. The van der Waals surface area contributed by atoms with E-state index in [1.165, 1.54) is 30.7 Å². The molecule has 2 aliphatic heterocycles. The van der Waals surface area contributed by atoms with E-state index in [0.29, 0.717) is 31.4 Å². The fourth-order valence-electron chi connectivity index (χ4n) is 3.64. The Morgan fingerprint density at radius 3 is 2.77 bits per heavy atom. The number of carbonyl (C=O) groups excluding carboxylic acids is 1. The summed E-state index contributed by atoms with van der Waals surface area (Å²) in [6.07, 6.45) is 2.28. The summed E-state index contributed by atoms with van der Waals surface area (Å²) in [6, 6.07) is 5.97. The monoisotopic (exact) mass is 359 g/mol. The number of nitrogens with zero attached hydrogens (tertiary/aromatic N) is 5. The van der Waals surface area contributed by atoms with Crippen molar-refractivity contribution in [2.75, 3.05) is 26.7 Å². The highest BCUT2D eigenvalue weighted by Crippen LogP contribution is 2.30. The van der Waals surface area contributed by atoms with Gasteiger partial charge in [0.15, 0.2) is 18.3 Å². The Hall–Kier alpha value is -2.48. The van der Waals surface area contributed by atoms with Crippen molar-refractivity contribution in [1.82, 2.24) is 24.6 Å². The second-order valence-electron chi connectivity index (χ2n) is 6.82. The molecule has 2 aromatic rings. The molecule has 8 heteroatoms. The van der Waals surface area contributed by atoms with Gasteiger partial charge in [-0.25, -0.2) is 4.39 Å². The minimum absolute atomic E-state index is 0.0714. The van der Waals surface area contributed by atoms with Gasteiger partial charge in [0.1, 0.15) is 11.6 Å². The maximum atomic E-state index is 12.9. The molecule has 26 heavy (non-hydrogen) atoms. The van der Waals surface area contributed by atoms with Gasteiger partial charge in [-0.3, -0.25) is 9.69 Å². The van der Waals surface area contributed by atoms with Gasteiger partial charge in [-0.1, -0.05) is 0 Å². The number of halogens is 1. The Kier molecular flexibility index (Phi) is 4.58. The van der Waals surface area contributed by atoms with E-state index >= 15 is 0 Å². The Balaban J connectivity index is 1.38. The number of hydrogen-bond acceptors (Lipinski definition) is 5. The first kappa shape index (κ1) is 17.0. The van der Waals surface area contributed by atoms with Crippen LogP contribution in [0.25, 0.3) is 0 Å². The standard InChI is InChI=1S/C18H22FN5O2/c1-22-8-2-3-15(22)18-21-20-16-11-23(9-10-24(16)18)17(25)12-26-14-6-4-13(19)5-7-14/h4-7,15H,2-3,8-12H2,1H3/t15-/m1/s1. The predicted octanol–water partition coefficient (Wildman–Crippen LogP) is 1.61. The van der Waals surface area contributed by atoms with Crippen LogP contribution in [0.3, 0.4) is 0 Å². The lowest BCUT2D eigenvalue weighted by Gasteiger charge is -2.29. The quantitative estimate of drug-likeness (QED) is 0.830. The summed E-state index contributed by atoms with van der Waals surface area (Å²) >= 11 is 0. The average molecular weight is 359 g/mol. The number of likely N-dealkylation sites (tertiary alicyclic amines) is 1. The minimum atomic E-state index is -0.331. The average Bonchev–Trinajstić information content (AvgIpc) is 3.26. The molecule has 0 saturated carbocycles. The number of aromatic nitrogens is 3. The third kappa shape index (κ3) is 3.29. The van der Waals surface area contributed by atoms with Gasteiger partial charge < -0.3 is 14.2 Å². The minimum Gasteiger partial charge on any atom is -0.484 e. The number of amides is 1. The summed E-state index contributed by atoms with van der Waals surface area (Å²) in [5.74, 6) is 1.87. The number of carbonyl (C=O) groups is 1. The van der Waals surface area contributed by atoms with Crippen molar-refractivity contribution in [3.8, 4) is 5.75 Å². The maximum Gasteiger partial charge on any atom is 0.260 e. The molecular formula is C18H22FN5O2. The summed E-state index contributed by atoms with van der Waals surface area (Å²) < 4.78 is 20.5. The van der Waals surface area contributed by atoms with Crippen LogP contribution in [0.5, 0.6) is 5.75 Å². The molecule has 1 amide bonds. The third-order valence-electron chi connectivity index (χ3n) is 5.13. The zero-order chi connectivity index (χ0) is 18.1. The summed E-state index contributed by atoms with van der Waals surface area (Å²) in [7, 11) is 2.12. The second kappa shape index (κ2) is 7.03. The van der Waals surface area contributed by atoms with E-state index < -0.39 is 0 Å². The van der Waals surface area contributed by atoms with Crippen LogP contribution in [0.2, 0.25) is 0 Å². The molecule has 138 valence electrons. The van der Waals surface area contributed by atoms with Crippen LogP contribution < -0.4 is 4.74 Å². The molecule has 0 bridgehead atoms. The fourth-order valence-corrected chi connectivity index (χ4v) is 3.64. The molecule has 1 saturated heterocycles. The molecule has 1 aromatic carbocycles. The first-order chi connectivity index (χ1) is 12.6. The molecule has 2 aliphatic rings. The maximum absolute atomic E-state index is 12.9. The molecule has 0 aliphatic carbocycles. The van der Waals surface area contributed by atoms with Crippen molar-refractivity contribution >= 4 is 5.91 Å². The molecule has 1 fully saturated rings. The molecule has 0 radical (unpaired) electrons. The highest BCUT2D eigenvalue weighted by Gasteiger charge is 2.31. The molecule has 7 nitrogen and oxygen atoms in total. The second-order valence-corrected chi connectivity index (χ2v) is 6.82. The van der Waals surface area contributed by atoms with E-state index in [0.717, 1.165) is 24.6 Å². The highest BCUT2D eigenvalue weighted by atomic mass is 19.1. The summed E-state index contributed by atoms with van der Waals surface area (Å²) in [6.45, 7) is 2.76. The van der Waals surface area contributed by atoms with Gasteiger partial charge in [-0.2, -0.15) is 0 Å². The van der Waals surface area contributed by atoms with E-state index in [4.69, 9.17) is 4.74 Å². The van der Waals surface area contributed by atoms with Crippen LogP contribution in [0.15, 0.2) is 24.3 Å². The lowest BCUT2D eigenvalue weighted by molar-refractivity contribution is -0.134. The van der Waals surface area contributed by atoms with Crippen molar-refractivity contribution < 1.29 is 13.9 Å². The Morgan fingerprint density at radius 1 is 1.23 bits per heavy atom. The summed E-state index contributed by atoms with van der Waals surface area (Å²) in [4.78, 5) is 16.5. The van der Waals surface area contributed by atoms with Crippen molar-refractivity contribution in [2.24, 2.45) is 0 Å². The van der Waals surface area contributed by atoms with Crippen LogP contribution in [0.1, 0.15) is 30.5 Å². The van der Waals surface area contributed by atoms with Gasteiger partial charge in [0.25, 0.3) is 5.91 Å². The highest BCUT2D eigenvalue weighted by molar-refractivity contribution is 5.77. The van der Waals surface area contributed by atoms with Crippen molar-refractivity contribution in [1.29, 1.82) is 0 Å². The van der Waals surface area contributed by atoms with Crippen LogP contribution in [-0.4, -0.2) is 57.2 Å². The van der Waals surface area contributed by atoms with E-state index in [1.54, 1.807) is 4.90 Å². The Morgan fingerprint density at radius 2 is 2.04 bits per heavy atom. The van der Waals surface area contributed by atoms with Gasteiger partial charge in [0.05, 0.1) is 12.6 Å². The van der Waals surface area contributed by atoms with E-state index in [2.05, 4.69) is 26.7 Å². The number of benzene rings is 1. The largest absolute Gasteiger partial charge is 0.484 e. The summed E-state index contributed by atoms with van der Waals surface area (Å²) in [5, 5.41) is 8.70. The van der Waals surface area contributed by atoms with E-state index in [-0.39, 0.29) is 18.3 Å². The first-order valence-corrected chi connectivity index (χ1v) is 8.90. The lowest BCUT2D eigenvalue weighted by atomic mass is 10.2. The molecule has 4 rings (SSSR count). The van der Waals surface area contributed by atoms with Gasteiger partial charge >= 0.3 is 0 Å². The van der Waals surface area contributed by atoms with Crippen LogP contribution in [0, 0.1) is 5.82 Å². The first-order valence-electron chi connectivity index (χ1n) is 8.90. The Labute approximate surface area is 151 Å². The number of fused-ring (bicyclic) bond motifs is 1. The molecule has 0 N–H and O–H groups in total. The fraction of sp³-hybridized carbons (Fsp3) is 0.500. The number of ether oxygens (including phenoxy) is 1. The van der Waals surface area contributed by atoms with Crippen LogP contribution in [0.4, 0.5) is 4.39 Å². The Bertz CT molecular complexity index is 791. The van der Waals surface area contributed by atoms with E-state index in [1.807, 2.05) is 0 Å². The van der Waals surface area contributed by atoms with Gasteiger partial charge in [0.2, 0.25) is 0 Å². The van der Waals surface area contributed by atoms with Crippen molar-refractivity contribution in [3.05, 3.63) is 41.7 Å². The zero-order valence-electron chi connectivity index (χ0n) is 14.8. The van der Waals surface area contributed by atoms with Gasteiger partial charge in [0, 0.05) is 13.1 Å². The molecular weight excluding hydrogens is 337 g/mol. The molecule has 3 heterocycles. The lowest BCUT2D eigenvalue weighted by Crippen LogP contribution is -2.41. The normalized spacial score (nSPS) is 20.2. The third-order valence-corrected chi connectivity index (χ3v) is 5.13. The topological polar surface area (TPSA) is 63.5 Å². The number of rotatable bonds is 4. The predicted molar refractivity (Wildman–Crippen MR) is 91.9 cm³/mol. The smallest absolute Gasteiger partial charge is 0.260 e. The van der Waals surface area contributed by atoms with Gasteiger partial charge in [-0.05, 0) is 50.7 Å².